The Morgan fingerprint density at radius 3 is 1.50 bits per heavy atom. The van der Waals surface area contributed by atoms with Gasteiger partial charge in [-0.15, -0.1) is 0 Å². The van der Waals surface area contributed by atoms with Crippen LogP contribution in [0.5, 0.6) is 0 Å². The Balaban J connectivity index is 1.22. The lowest BCUT2D eigenvalue weighted by molar-refractivity contribution is 0.549. The minimum absolute atomic E-state index is 0.496. The monoisotopic (exact) mass is 814 g/mol. The van der Waals surface area contributed by atoms with Crippen molar-refractivity contribution in [3.05, 3.63) is 288 Å². The molecule has 9 aromatic carbocycles. The SMILES string of the molecule is C=C/C=C\c1c(N(c2ccccc2)c2cccc3c2-c2ccccc2C32c3ccccc3-c3ccccc32)n(C2(c3ccccc3)c3ccccc3-c3ccccc32)c2ccccc12. The Hall–Kier alpha value is -8.20. The molecule has 1 spiro atoms. The van der Waals surface area contributed by atoms with Crippen molar-refractivity contribution in [3.8, 4) is 33.4 Å². The van der Waals surface area contributed by atoms with Crippen molar-refractivity contribution < 1.29 is 0 Å². The van der Waals surface area contributed by atoms with Crippen molar-refractivity contribution >= 4 is 34.2 Å². The molecule has 13 rings (SSSR count). The van der Waals surface area contributed by atoms with Gasteiger partial charge in [0.25, 0.3) is 0 Å². The molecule has 0 bridgehead atoms. The lowest BCUT2D eigenvalue weighted by atomic mass is 9.70. The van der Waals surface area contributed by atoms with Crippen LogP contribution >= 0.6 is 0 Å². The molecule has 2 heteroatoms. The number of rotatable bonds is 7. The molecule has 0 N–H and O–H groups in total. The molecule has 300 valence electrons. The van der Waals surface area contributed by atoms with Crippen molar-refractivity contribution in [1.29, 1.82) is 0 Å². The van der Waals surface area contributed by atoms with Crippen molar-refractivity contribution in [2.24, 2.45) is 0 Å². The number of hydrogen-bond acceptors (Lipinski definition) is 1. The van der Waals surface area contributed by atoms with Crippen LogP contribution in [0, 0.1) is 0 Å². The Morgan fingerprint density at radius 1 is 0.422 bits per heavy atom. The molecule has 1 aromatic heterocycles. The summed E-state index contributed by atoms with van der Waals surface area (Å²) in [6, 6.07) is 83.5. The summed E-state index contributed by atoms with van der Waals surface area (Å²) in [6.07, 6.45) is 6.26. The van der Waals surface area contributed by atoms with Gasteiger partial charge in [0.15, 0.2) is 0 Å². The van der Waals surface area contributed by atoms with E-state index in [1.807, 2.05) is 6.08 Å². The van der Waals surface area contributed by atoms with Gasteiger partial charge in [0.1, 0.15) is 11.4 Å². The van der Waals surface area contributed by atoms with Gasteiger partial charge in [-0.3, -0.25) is 4.90 Å². The van der Waals surface area contributed by atoms with Crippen LogP contribution in [0.15, 0.2) is 243 Å². The van der Waals surface area contributed by atoms with Gasteiger partial charge < -0.3 is 4.57 Å². The summed E-state index contributed by atoms with van der Waals surface area (Å²) in [5, 5.41) is 1.16. The van der Waals surface area contributed by atoms with Gasteiger partial charge in [-0.05, 0) is 91.0 Å². The first-order chi connectivity index (χ1) is 31.8. The fraction of sp³-hybridized carbons (Fsp3) is 0.0323. The van der Waals surface area contributed by atoms with Crippen molar-refractivity contribution in [2.75, 3.05) is 4.90 Å². The molecular weight excluding hydrogens is 773 g/mol. The third kappa shape index (κ3) is 4.64. The molecule has 3 aliphatic rings. The molecule has 3 aliphatic carbocycles. The third-order valence-corrected chi connectivity index (χ3v) is 14.2. The number of fused-ring (bicyclic) bond motifs is 14. The second-order valence-electron chi connectivity index (χ2n) is 17.1. The van der Waals surface area contributed by atoms with E-state index in [2.05, 4.69) is 253 Å². The maximum atomic E-state index is 4.19. The average molecular weight is 815 g/mol. The lowest BCUT2D eigenvalue weighted by Crippen LogP contribution is -2.37. The molecule has 0 saturated heterocycles. The molecule has 0 fully saturated rings. The highest BCUT2D eigenvalue weighted by Gasteiger charge is 2.53. The number of para-hydroxylation sites is 2. The fourth-order valence-corrected chi connectivity index (χ4v) is 12.0. The molecule has 2 nitrogen and oxygen atoms in total. The number of allylic oxidation sites excluding steroid dienone is 2. The van der Waals surface area contributed by atoms with Crippen LogP contribution in [0.3, 0.4) is 0 Å². The minimum atomic E-state index is -0.767. The largest absolute Gasteiger partial charge is 0.308 e. The van der Waals surface area contributed by atoms with Crippen LogP contribution in [-0.4, -0.2) is 4.57 Å². The molecule has 0 aliphatic heterocycles. The zero-order chi connectivity index (χ0) is 42.4. The number of aromatic nitrogens is 1. The third-order valence-electron chi connectivity index (χ3n) is 14.2. The number of benzene rings is 9. The van der Waals surface area contributed by atoms with E-state index >= 15 is 0 Å². The topological polar surface area (TPSA) is 8.17 Å². The van der Waals surface area contributed by atoms with Crippen LogP contribution in [0.2, 0.25) is 0 Å². The highest BCUT2D eigenvalue weighted by atomic mass is 15.3. The number of anilines is 3. The zero-order valence-corrected chi connectivity index (χ0v) is 35.2. The van der Waals surface area contributed by atoms with Gasteiger partial charge in [-0.25, -0.2) is 0 Å². The molecule has 0 saturated carbocycles. The van der Waals surface area contributed by atoms with Crippen molar-refractivity contribution in [2.45, 2.75) is 11.0 Å². The summed E-state index contributed by atoms with van der Waals surface area (Å²) >= 11 is 0. The second kappa shape index (κ2) is 13.9. The van der Waals surface area contributed by atoms with Crippen LogP contribution in [0.1, 0.15) is 44.5 Å². The quantitative estimate of drug-likeness (QED) is 0.146. The van der Waals surface area contributed by atoms with Crippen LogP contribution in [0.4, 0.5) is 17.2 Å². The van der Waals surface area contributed by atoms with Gasteiger partial charge in [0.2, 0.25) is 0 Å². The highest BCUT2D eigenvalue weighted by molar-refractivity contribution is 6.05. The van der Waals surface area contributed by atoms with E-state index < -0.39 is 11.0 Å². The van der Waals surface area contributed by atoms with E-state index in [0.29, 0.717) is 0 Å². The van der Waals surface area contributed by atoms with E-state index in [4.69, 9.17) is 0 Å². The number of nitrogens with zero attached hydrogens (tertiary/aromatic N) is 2. The Kier molecular flexibility index (Phi) is 7.92. The smallest absolute Gasteiger partial charge is 0.127 e. The molecular formula is C62H42N2. The molecule has 1 heterocycles. The van der Waals surface area contributed by atoms with Crippen LogP contribution in [0.25, 0.3) is 50.4 Å². The number of hydrogen-bond donors (Lipinski definition) is 0. The van der Waals surface area contributed by atoms with E-state index in [-0.39, 0.29) is 0 Å². The summed E-state index contributed by atoms with van der Waals surface area (Å²) in [5.74, 6) is 1.07. The zero-order valence-electron chi connectivity index (χ0n) is 35.2. The molecule has 0 radical (unpaired) electrons. The predicted octanol–water partition coefficient (Wildman–Crippen LogP) is 15.5. The molecule has 0 atom stereocenters. The van der Waals surface area contributed by atoms with Crippen molar-refractivity contribution in [3.63, 3.8) is 0 Å². The summed E-state index contributed by atoms with van der Waals surface area (Å²) < 4.78 is 2.67. The summed E-state index contributed by atoms with van der Waals surface area (Å²) in [5.41, 5.74) is 19.7. The first-order valence-corrected chi connectivity index (χ1v) is 22.2. The first kappa shape index (κ1) is 36.5. The highest BCUT2D eigenvalue weighted by Crippen LogP contribution is 2.65. The molecule has 0 amide bonds. The maximum Gasteiger partial charge on any atom is 0.127 e. The van der Waals surface area contributed by atoms with Crippen LogP contribution in [-0.2, 0) is 11.0 Å². The Labute approximate surface area is 374 Å². The van der Waals surface area contributed by atoms with E-state index in [1.165, 1.54) is 72.3 Å². The van der Waals surface area contributed by atoms with Gasteiger partial charge in [-0.1, -0.05) is 225 Å². The van der Waals surface area contributed by atoms with Gasteiger partial charge in [0.05, 0.1) is 16.6 Å². The molecule has 0 unspecified atom stereocenters. The minimum Gasteiger partial charge on any atom is -0.308 e. The van der Waals surface area contributed by atoms with Gasteiger partial charge in [-0.2, -0.15) is 0 Å². The van der Waals surface area contributed by atoms with Gasteiger partial charge >= 0.3 is 0 Å². The summed E-state index contributed by atoms with van der Waals surface area (Å²) in [4.78, 5) is 2.57. The van der Waals surface area contributed by atoms with E-state index in [9.17, 15) is 0 Å². The van der Waals surface area contributed by atoms with E-state index in [1.54, 1.807) is 0 Å². The summed E-state index contributed by atoms with van der Waals surface area (Å²) in [6.45, 7) is 4.19. The van der Waals surface area contributed by atoms with Gasteiger partial charge in [0, 0.05) is 22.2 Å². The fourth-order valence-electron chi connectivity index (χ4n) is 12.0. The first-order valence-electron chi connectivity index (χ1n) is 22.2. The average Bonchev–Trinajstić information content (AvgIpc) is 4.05. The molecule has 64 heavy (non-hydrogen) atoms. The normalized spacial score (nSPS) is 14.2. The Morgan fingerprint density at radius 2 is 0.891 bits per heavy atom. The lowest BCUT2D eigenvalue weighted by Gasteiger charge is -2.40. The molecule has 10 aromatic rings. The Bertz CT molecular complexity index is 3440. The predicted molar refractivity (Wildman–Crippen MR) is 266 cm³/mol. The van der Waals surface area contributed by atoms with Crippen LogP contribution < -0.4 is 4.90 Å². The second-order valence-corrected chi connectivity index (χ2v) is 17.1. The van der Waals surface area contributed by atoms with E-state index in [0.717, 1.165) is 33.7 Å². The summed E-state index contributed by atoms with van der Waals surface area (Å²) in [7, 11) is 0. The van der Waals surface area contributed by atoms with Crippen molar-refractivity contribution in [1.82, 2.24) is 4.57 Å². The maximum absolute atomic E-state index is 4.19. The standard InChI is InChI=1S/C62H42N2/c1-2-3-27-49-48-32-15-21-40-57(48)64(62(42-23-6-4-7-24-42)54-37-19-12-30-46(54)47-31-13-20-38-55(47)62)60(49)63(43-25-8-5-9-26-43)58-41-22-39-56-59(58)50-33-14-18-36-53(50)61(56)51-34-16-10-28-44(51)45-29-11-17-35-52(45)61/h2-41H,1H2/b27-3-.